The van der Waals surface area contributed by atoms with E-state index >= 15 is 0 Å². The highest BCUT2D eigenvalue weighted by molar-refractivity contribution is 7.91. The van der Waals surface area contributed by atoms with E-state index in [0.29, 0.717) is 17.3 Å². The number of sulfonamides is 1. The lowest BCUT2D eigenvalue weighted by atomic mass is 9.91. The van der Waals surface area contributed by atoms with Crippen LogP contribution in [0.4, 0.5) is 0 Å². The van der Waals surface area contributed by atoms with Gasteiger partial charge >= 0.3 is 0 Å². The van der Waals surface area contributed by atoms with E-state index in [0.717, 1.165) is 12.0 Å². The SMILES string of the molecule is O=C1CN(S(=O)(=O)c2cccs2)CC2c3ccccc3CCN12. The molecule has 1 aromatic carbocycles. The van der Waals surface area contributed by atoms with Crippen LogP contribution in [-0.4, -0.2) is 43.2 Å². The summed E-state index contributed by atoms with van der Waals surface area (Å²) in [4.78, 5) is 14.3. The summed E-state index contributed by atoms with van der Waals surface area (Å²) in [5.74, 6) is -0.115. The molecule has 120 valence electrons. The molecule has 2 aromatic rings. The van der Waals surface area contributed by atoms with Crippen LogP contribution in [0.2, 0.25) is 0 Å². The van der Waals surface area contributed by atoms with Crippen LogP contribution in [-0.2, 0) is 21.2 Å². The van der Waals surface area contributed by atoms with Crippen molar-refractivity contribution < 1.29 is 13.2 Å². The maximum absolute atomic E-state index is 12.7. The molecule has 1 fully saturated rings. The lowest BCUT2D eigenvalue weighted by Crippen LogP contribution is -2.55. The molecule has 1 atom stereocenters. The fourth-order valence-corrected chi connectivity index (χ4v) is 5.91. The molecule has 1 unspecified atom stereocenters. The van der Waals surface area contributed by atoms with Crippen LogP contribution in [0.5, 0.6) is 0 Å². The third-order valence-electron chi connectivity index (χ3n) is 4.51. The van der Waals surface area contributed by atoms with Crippen molar-refractivity contribution in [1.29, 1.82) is 0 Å². The summed E-state index contributed by atoms with van der Waals surface area (Å²) in [6.07, 6.45) is 0.829. The summed E-state index contributed by atoms with van der Waals surface area (Å²) in [6.45, 7) is 0.912. The van der Waals surface area contributed by atoms with E-state index in [-0.39, 0.29) is 18.5 Å². The highest BCUT2D eigenvalue weighted by Crippen LogP contribution is 2.35. The average molecular weight is 348 g/mol. The molecule has 4 rings (SSSR count). The Bertz CT molecular complexity index is 846. The van der Waals surface area contributed by atoms with E-state index in [9.17, 15) is 13.2 Å². The summed E-state index contributed by atoms with van der Waals surface area (Å²) in [7, 11) is -3.60. The molecule has 1 amide bonds. The van der Waals surface area contributed by atoms with E-state index in [2.05, 4.69) is 6.07 Å². The Morgan fingerprint density at radius 3 is 2.74 bits per heavy atom. The van der Waals surface area contributed by atoms with Gasteiger partial charge < -0.3 is 4.90 Å². The van der Waals surface area contributed by atoms with Gasteiger partial charge in [-0.1, -0.05) is 30.3 Å². The van der Waals surface area contributed by atoms with Crippen molar-refractivity contribution in [3.63, 3.8) is 0 Å². The summed E-state index contributed by atoms with van der Waals surface area (Å²) in [6, 6.07) is 11.1. The van der Waals surface area contributed by atoms with E-state index < -0.39 is 10.0 Å². The first-order chi connectivity index (χ1) is 11.1. The average Bonchev–Trinajstić information content (AvgIpc) is 3.10. The molecule has 0 saturated carbocycles. The molecular formula is C16H16N2O3S2. The van der Waals surface area contributed by atoms with Crippen LogP contribution < -0.4 is 0 Å². The maximum Gasteiger partial charge on any atom is 0.253 e. The van der Waals surface area contributed by atoms with E-state index in [1.54, 1.807) is 17.5 Å². The predicted molar refractivity (Wildman–Crippen MR) is 87.7 cm³/mol. The molecule has 3 heterocycles. The molecule has 1 saturated heterocycles. The fourth-order valence-electron chi connectivity index (χ4n) is 3.37. The van der Waals surface area contributed by atoms with E-state index in [4.69, 9.17) is 0 Å². The third-order valence-corrected chi connectivity index (χ3v) is 7.69. The van der Waals surface area contributed by atoms with Crippen molar-refractivity contribution in [2.24, 2.45) is 0 Å². The minimum Gasteiger partial charge on any atom is -0.333 e. The lowest BCUT2D eigenvalue weighted by molar-refractivity contribution is -0.138. The van der Waals surface area contributed by atoms with Gasteiger partial charge in [0.15, 0.2) is 0 Å². The smallest absolute Gasteiger partial charge is 0.253 e. The standard InChI is InChI=1S/C16H16N2O3S2/c19-15-11-17(23(20,21)16-6-3-9-22-16)10-14-13-5-2-1-4-12(13)7-8-18(14)15/h1-6,9,14H,7-8,10-11H2. The second-order valence-electron chi connectivity index (χ2n) is 5.78. The molecule has 0 bridgehead atoms. The molecule has 23 heavy (non-hydrogen) atoms. The van der Waals surface area contributed by atoms with Gasteiger partial charge in [0.05, 0.1) is 12.6 Å². The molecule has 2 aliphatic rings. The molecule has 0 spiro atoms. The molecule has 1 aromatic heterocycles. The molecular weight excluding hydrogens is 332 g/mol. The minimum absolute atomic E-state index is 0.0705. The number of thiophene rings is 1. The van der Waals surface area contributed by atoms with Crippen molar-refractivity contribution in [1.82, 2.24) is 9.21 Å². The maximum atomic E-state index is 12.7. The highest BCUT2D eigenvalue weighted by Gasteiger charge is 2.41. The Labute approximate surface area is 139 Å². The number of fused-ring (bicyclic) bond motifs is 3. The van der Waals surface area contributed by atoms with Gasteiger partial charge in [0.2, 0.25) is 5.91 Å². The van der Waals surface area contributed by atoms with Crippen molar-refractivity contribution in [2.75, 3.05) is 19.6 Å². The highest BCUT2D eigenvalue weighted by atomic mass is 32.2. The Kier molecular flexibility index (Phi) is 3.51. The summed E-state index contributed by atoms with van der Waals surface area (Å²) in [5.41, 5.74) is 2.27. The van der Waals surface area contributed by atoms with Crippen LogP contribution in [0.15, 0.2) is 46.0 Å². The van der Waals surface area contributed by atoms with Gasteiger partial charge in [0.25, 0.3) is 10.0 Å². The fraction of sp³-hybridized carbons (Fsp3) is 0.312. The summed E-state index contributed by atoms with van der Waals surface area (Å²) < 4.78 is 27.1. The number of carbonyl (C=O) groups excluding carboxylic acids is 1. The molecule has 2 aliphatic heterocycles. The predicted octanol–water partition coefficient (Wildman–Crippen LogP) is 1.88. The van der Waals surface area contributed by atoms with E-state index in [1.165, 1.54) is 21.2 Å². The van der Waals surface area contributed by atoms with E-state index in [1.807, 2.05) is 23.1 Å². The third kappa shape index (κ3) is 2.39. The Morgan fingerprint density at radius 1 is 1.13 bits per heavy atom. The molecule has 7 heteroatoms. The number of rotatable bonds is 2. The number of amides is 1. The number of carbonyl (C=O) groups is 1. The minimum atomic E-state index is -3.60. The van der Waals surface area contributed by atoms with Gasteiger partial charge in [-0.25, -0.2) is 8.42 Å². The van der Waals surface area contributed by atoms with Gasteiger partial charge in [-0.05, 0) is 29.0 Å². The largest absolute Gasteiger partial charge is 0.333 e. The van der Waals surface area contributed by atoms with Gasteiger partial charge in [-0.2, -0.15) is 4.31 Å². The quantitative estimate of drug-likeness (QED) is 0.833. The normalized spacial score (nSPS) is 21.8. The number of piperazine rings is 1. The first kappa shape index (κ1) is 14.9. The summed E-state index contributed by atoms with van der Waals surface area (Å²) >= 11 is 1.19. The van der Waals surface area contributed by atoms with Crippen LogP contribution in [0, 0.1) is 0 Å². The van der Waals surface area contributed by atoms with Crippen LogP contribution in [0.25, 0.3) is 0 Å². The second kappa shape index (κ2) is 5.43. The Hall–Kier alpha value is -1.70. The Morgan fingerprint density at radius 2 is 1.96 bits per heavy atom. The lowest BCUT2D eigenvalue weighted by Gasteiger charge is -2.43. The van der Waals surface area contributed by atoms with Crippen molar-refractivity contribution in [2.45, 2.75) is 16.7 Å². The monoisotopic (exact) mass is 348 g/mol. The van der Waals surface area contributed by atoms with Gasteiger partial charge in [0, 0.05) is 13.1 Å². The van der Waals surface area contributed by atoms with Crippen molar-refractivity contribution in [3.05, 3.63) is 52.9 Å². The van der Waals surface area contributed by atoms with Gasteiger partial charge in [-0.3, -0.25) is 4.79 Å². The van der Waals surface area contributed by atoms with Crippen LogP contribution >= 0.6 is 11.3 Å². The molecule has 0 aliphatic carbocycles. The van der Waals surface area contributed by atoms with Crippen LogP contribution in [0.1, 0.15) is 17.2 Å². The van der Waals surface area contributed by atoms with Gasteiger partial charge in [-0.15, -0.1) is 11.3 Å². The van der Waals surface area contributed by atoms with Gasteiger partial charge in [0.1, 0.15) is 4.21 Å². The van der Waals surface area contributed by atoms with Crippen molar-refractivity contribution in [3.8, 4) is 0 Å². The second-order valence-corrected chi connectivity index (χ2v) is 8.89. The first-order valence-corrected chi connectivity index (χ1v) is 9.80. The zero-order chi connectivity index (χ0) is 16.0. The molecule has 5 nitrogen and oxygen atoms in total. The van der Waals surface area contributed by atoms with Crippen LogP contribution in [0.3, 0.4) is 0 Å². The zero-order valence-corrected chi connectivity index (χ0v) is 14.0. The summed E-state index contributed by atoms with van der Waals surface area (Å²) in [5, 5.41) is 1.74. The number of benzene rings is 1. The number of hydrogen-bond donors (Lipinski definition) is 0. The molecule has 0 radical (unpaired) electrons. The van der Waals surface area contributed by atoms with Crippen molar-refractivity contribution >= 4 is 27.3 Å². The number of nitrogens with zero attached hydrogens (tertiary/aromatic N) is 2. The zero-order valence-electron chi connectivity index (χ0n) is 12.4. The topological polar surface area (TPSA) is 57.7 Å². The number of hydrogen-bond acceptors (Lipinski definition) is 4. The Balaban J connectivity index is 1.72. The molecule has 0 N–H and O–H groups in total. The first-order valence-electron chi connectivity index (χ1n) is 7.48.